The zero-order valence-electron chi connectivity index (χ0n) is 15.4. The molecule has 29 heavy (non-hydrogen) atoms. The Bertz CT molecular complexity index is 1130. The van der Waals surface area contributed by atoms with Gasteiger partial charge < -0.3 is 20.2 Å². The van der Waals surface area contributed by atoms with Gasteiger partial charge in [-0.2, -0.15) is 0 Å². The van der Waals surface area contributed by atoms with Crippen molar-refractivity contribution in [1.29, 1.82) is 0 Å². The fourth-order valence-corrected chi connectivity index (χ4v) is 2.99. The molecule has 0 saturated heterocycles. The summed E-state index contributed by atoms with van der Waals surface area (Å²) in [7, 11) is 0. The van der Waals surface area contributed by atoms with Crippen LogP contribution in [0.5, 0.6) is 0 Å². The van der Waals surface area contributed by atoms with E-state index in [-0.39, 0.29) is 24.9 Å². The molecule has 0 saturated carbocycles. The van der Waals surface area contributed by atoms with E-state index in [0.29, 0.717) is 16.9 Å². The van der Waals surface area contributed by atoms with Crippen molar-refractivity contribution in [3.05, 3.63) is 84.3 Å². The lowest BCUT2D eigenvalue weighted by molar-refractivity contribution is -0.120. The summed E-state index contributed by atoms with van der Waals surface area (Å²) in [5.74, 6) is -1.15. The van der Waals surface area contributed by atoms with Crippen molar-refractivity contribution in [2.75, 3.05) is 6.54 Å². The van der Waals surface area contributed by atoms with Gasteiger partial charge in [-0.3, -0.25) is 9.59 Å². The van der Waals surface area contributed by atoms with Gasteiger partial charge in [0.05, 0.1) is 18.6 Å². The maximum absolute atomic E-state index is 14.2. The Kier molecular flexibility index (Phi) is 5.07. The number of aromatic amines is 1. The Hall–Kier alpha value is -3.94. The predicted molar refractivity (Wildman–Crippen MR) is 106 cm³/mol. The number of hydrogen-bond donors (Lipinski definition) is 3. The maximum Gasteiger partial charge on any atom is 0.268 e. The highest BCUT2D eigenvalue weighted by atomic mass is 19.1. The molecular formula is C21H18FN5O2. The average molecular weight is 391 g/mol. The molecule has 146 valence electrons. The zero-order chi connectivity index (χ0) is 20.2. The molecule has 0 radical (unpaired) electrons. The van der Waals surface area contributed by atoms with Gasteiger partial charge in [0.25, 0.3) is 5.91 Å². The monoisotopic (exact) mass is 391 g/mol. The molecule has 2 aromatic carbocycles. The summed E-state index contributed by atoms with van der Waals surface area (Å²) >= 11 is 0. The lowest BCUT2D eigenvalue weighted by atomic mass is 10.2. The summed E-state index contributed by atoms with van der Waals surface area (Å²) in [4.78, 5) is 31.1. The average Bonchev–Trinajstić information content (AvgIpc) is 3.40. The van der Waals surface area contributed by atoms with Gasteiger partial charge in [-0.15, -0.1) is 0 Å². The molecule has 4 aromatic rings. The maximum atomic E-state index is 14.2. The molecule has 0 aliphatic heterocycles. The van der Waals surface area contributed by atoms with Crippen LogP contribution in [0.4, 0.5) is 4.39 Å². The largest absolute Gasteiger partial charge is 0.351 e. The molecule has 8 heteroatoms. The number of carbonyl (C=O) groups excluding carboxylic acids is 2. The van der Waals surface area contributed by atoms with Crippen molar-refractivity contribution in [3.8, 4) is 5.69 Å². The molecule has 7 nitrogen and oxygen atoms in total. The topological polar surface area (TPSA) is 91.8 Å². The van der Waals surface area contributed by atoms with Crippen LogP contribution in [0.2, 0.25) is 0 Å². The first-order valence-electron chi connectivity index (χ1n) is 8.99. The molecule has 0 fully saturated rings. The van der Waals surface area contributed by atoms with Gasteiger partial charge in [-0.05, 0) is 29.8 Å². The van der Waals surface area contributed by atoms with E-state index >= 15 is 0 Å². The van der Waals surface area contributed by atoms with Crippen molar-refractivity contribution in [3.63, 3.8) is 0 Å². The number of nitrogens with zero attached hydrogens (tertiary/aromatic N) is 2. The number of aromatic nitrogens is 3. The molecule has 0 aliphatic carbocycles. The first-order chi connectivity index (χ1) is 14.1. The number of carbonyl (C=O) groups is 2. The number of H-pyrrole nitrogens is 1. The third kappa shape index (κ3) is 4.16. The van der Waals surface area contributed by atoms with E-state index in [9.17, 15) is 14.0 Å². The van der Waals surface area contributed by atoms with Crippen LogP contribution >= 0.6 is 0 Å². The minimum Gasteiger partial charge on any atom is -0.351 e. The van der Waals surface area contributed by atoms with Crippen LogP contribution in [0.3, 0.4) is 0 Å². The minimum absolute atomic E-state index is 0.155. The van der Waals surface area contributed by atoms with Gasteiger partial charge in [0.2, 0.25) is 5.91 Å². The Labute approximate surface area is 165 Å². The van der Waals surface area contributed by atoms with E-state index in [4.69, 9.17) is 0 Å². The number of imidazole rings is 1. The van der Waals surface area contributed by atoms with Crippen LogP contribution in [0.15, 0.2) is 67.3 Å². The molecule has 3 N–H and O–H groups in total. The lowest BCUT2D eigenvalue weighted by Gasteiger charge is -2.09. The lowest BCUT2D eigenvalue weighted by Crippen LogP contribution is -2.36. The first kappa shape index (κ1) is 18.4. The van der Waals surface area contributed by atoms with Gasteiger partial charge in [-0.1, -0.05) is 24.3 Å². The Morgan fingerprint density at radius 2 is 1.97 bits per heavy atom. The SMILES string of the molecule is O=C(CNC(=O)c1cc2ccccc2[nH]1)NCc1ccc(-n2ccnc2)c(F)c1. The second-order valence-corrected chi connectivity index (χ2v) is 6.49. The standard InChI is InChI=1S/C21H18FN5O2/c22-16-9-14(5-6-19(16)27-8-7-23-13-27)11-24-20(28)12-25-21(29)18-10-15-3-1-2-4-17(15)26-18/h1-10,13,26H,11-12H2,(H,24,28)(H,25,29). The summed E-state index contributed by atoms with van der Waals surface area (Å²) in [5, 5.41) is 6.15. The van der Waals surface area contributed by atoms with E-state index < -0.39 is 5.82 Å². The molecule has 0 atom stereocenters. The van der Waals surface area contributed by atoms with Gasteiger partial charge in [0.15, 0.2) is 0 Å². The molecular weight excluding hydrogens is 373 g/mol. The van der Waals surface area contributed by atoms with Crippen LogP contribution in [-0.4, -0.2) is 32.9 Å². The summed E-state index contributed by atoms with van der Waals surface area (Å²) in [6, 6.07) is 14.0. The third-order valence-electron chi connectivity index (χ3n) is 4.47. The van der Waals surface area contributed by atoms with Crippen molar-refractivity contribution >= 4 is 22.7 Å². The molecule has 0 bridgehead atoms. The van der Waals surface area contributed by atoms with Gasteiger partial charge in [0.1, 0.15) is 11.5 Å². The number of nitrogens with one attached hydrogen (secondary N) is 3. The van der Waals surface area contributed by atoms with Gasteiger partial charge >= 0.3 is 0 Å². The highest BCUT2D eigenvalue weighted by molar-refractivity contribution is 5.99. The second-order valence-electron chi connectivity index (χ2n) is 6.49. The van der Waals surface area contributed by atoms with E-state index in [0.717, 1.165) is 10.9 Å². The molecule has 0 spiro atoms. The van der Waals surface area contributed by atoms with Crippen LogP contribution in [-0.2, 0) is 11.3 Å². The fourth-order valence-electron chi connectivity index (χ4n) is 2.99. The van der Waals surface area contributed by atoms with E-state index in [1.165, 1.54) is 12.4 Å². The normalized spacial score (nSPS) is 10.8. The van der Waals surface area contributed by atoms with E-state index in [1.54, 1.807) is 35.2 Å². The second kappa shape index (κ2) is 7.97. The molecule has 0 aliphatic rings. The Morgan fingerprint density at radius 3 is 2.72 bits per heavy atom. The zero-order valence-corrected chi connectivity index (χ0v) is 15.4. The van der Waals surface area contributed by atoms with Crippen LogP contribution in [0, 0.1) is 5.82 Å². The number of hydrogen-bond acceptors (Lipinski definition) is 3. The predicted octanol–water partition coefficient (Wildman–Crippen LogP) is 2.54. The Morgan fingerprint density at radius 1 is 1.10 bits per heavy atom. The molecule has 0 unspecified atom stereocenters. The molecule has 4 rings (SSSR count). The van der Waals surface area contributed by atoms with Gasteiger partial charge in [-0.25, -0.2) is 9.37 Å². The minimum atomic E-state index is -0.415. The van der Waals surface area contributed by atoms with Gasteiger partial charge in [0, 0.05) is 29.8 Å². The fraction of sp³-hybridized carbons (Fsp3) is 0.0952. The van der Waals surface area contributed by atoms with Crippen molar-refractivity contribution < 1.29 is 14.0 Å². The number of halogens is 1. The first-order valence-corrected chi connectivity index (χ1v) is 8.99. The highest BCUT2D eigenvalue weighted by Crippen LogP contribution is 2.15. The molecule has 2 aromatic heterocycles. The van der Waals surface area contributed by atoms with Crippen molar-refractivity contribution in [1.82, 2.24) is 25.2 Å². The number of fused-ring (bicyclic) bond motifs is 1. The van der Waals surface area contributed by atoms with Crippen LogP contribution in [0.1, 0.15) is 16.1 Å². The third-order valence-corrected chi connectivity index (χ3v) is 4.47. The van der Waals surface area contributed by atoms with Crippen molar-refractivity contribution in [2.24, 2.45) is 0 Å². The summed E-state index contributed by atoms with van der Waals surface area (Å²) in [6.07, 6.45) is 4.73. The number of para-hydroxylation sites is 1. The number of benzene rings is 2. The quantitative estimate of drug-likeness (QED) is 0.472. The van der Waals surface area contributed by atoms with Crippen LogP contribution < -0.4 is 10.6 Å². The van der Waals surface area contributed by atoms with E-state index in [2.05, 4.69) is 20.6 Å². The summed E-state index contributed by atoms with van der Waals surface area (Å²) in [5.41, 5.74) is 2.23. The summed E-state index contributed by atoms with van der Waals surface area (Å²) < 4.78 is 15.8. The number of rotatable bonds is 6. The van der Waals surface area contributed by atoms with Crippen LogP contribution in [0.25, 0.3) is 16.6 Å². The highest BCUT2D eigenvalue weighted by Gasteiger charge is 2.11. The van der Waals surface area contributed by atoms with E-state index in [1.807, 2.05) is 24.3 Å². The summed E-state index contributed by atoms with van der Waals surface area (Å²) in [6.45, 7) is -0.0218. The Balaban J connectivity index is 1.30. The molecule has 2 amide bonds. The van der Waals surface area contributed by atoms with Crippen molar-refractivity contribution in [2.45, 2.75) is 6.54 Å². The molecule has 2 heterocycles. The smallest absolute Gasteiger partial charge is 0.268 e. The number of amides is 2.